The molecule has 1 amide bonds. The van der Waals surface area contributed by atoms with E-state index in [1.807, 2.05) is 24.3 Å². The Labute approximate surface area is 153 Å². The van der Waals surface area contributed by atoms with Gasteiger partial charge in [-0.15, -0.1) is 0 Å². The summed E-state index contributed by atoms with van der Waals surface area (Å²) in [4.78, 5) is 16.6. The molecule has 0 atom stereocenters. The van der Waals surface area contributed by atoms with Crippen molar-refractivity contribution in [2.45, 2.75) is 38.1 Å². The van der Waals surface area contributed by atoms with Crippen LogP contribution in [-0.4, -0.2) is 31.2 Å². The van der Waals surface area contributed by atoms with Crippen LogP contribution in [0, 0.1) is 0 Å². The van der Waals surface area contributed by atoms with E-state index in [2.05, 4.69) is 15.6 Å². The summed E-state index contributed by atoms with van der Waals surface area (Å²) in [5.74, 6) is 1.32. The van der Waals surface area contributed by atoms with E-state index in [1.54, 1.807) is 26.5 Å². The van der Waals surface area contributed by atoms with Crippen LogP contribution in [0.3, 0.4) is 0 Å². The lowest BCUT2D eigenvalue weighted by Gasteiger charge is -2.22. The third kappa shape index (κ3) is 4.45. The average molecular weight is 355 g/mol. The van der Waals surface area contributed by atoms with Crippen LogP contribution in [-0.2, 0) is 0 Å². The first-order valence-electron chi connectivity index (χ1n) is 8.95. The van der Waals surface area contributed by atoms with Crippen LogP contribution < -0.4 is 20.1 Å². The molecule has 1 aromatic heterocycles. The quantitative estimate of drug-likeness (QED) is 0.822. The van der Waals surface area contributed by atoms with E-state index in [1.165, 1.54) is 19.3 Å². The van der Waals surface area contributed by atoms with Gasteiger partial charge < -0.3 is 20.1 Å². The molecule has 6 nitrogen and oxygen atoms in total. The van der Waals surface area contributed by atoms with Crippen LogP contribution in [0.2, 0.25) is 0 Å². The van der Waals surface area contributed by atoms with Gasteiger partial charge >= 0.3 is 0 Å². The van der Waals surface area contributed by atoms with Crippen molar-refractivity contribution >= 4 is 17.3 Å². The van der Waals surface area contributed by atoms with Crippen LogP contribution in [0.4, 0.5) is 11.4 Å². The molecule has 26 heavy (non-hydrogen) atoms. The lowest BCUT2D eigenvalue weighted by atomic mass is 9.95. The molecule has 0 saturated heterocycles. The number of rotatable bonds is 6. The number of hydrogen-bond donors (Lipinski definition) is 2. The maximum atomic E-state index is 12.3. The highest BCUT2D eigenvalue weighted by Crippen LogP contribution is 2.31. The van der Waals surface area contributed by atoms with Crippen molar-refractivity contribution in [3.05, 3.63) is 42.2 Å². The van der Waals surface area contributed by atoms with Gasteiger partial charge in [0.2, 0.25) is 0 Å². The molecular formula is C20H25N3O3. The SMILES string of the molecule is COc1ccc(OC)c(Nc2ccc(C(=O)NC3CCCCC3)nc2)c1. The van der Waals surface area contributed by atoms with E-state index >= 15 is 0 Å². The highest BCUT2D eigenvalue weighted by atomic mass is 16.5. The number of carbonyl (C=O) groups excluding carboxylic acids is 1. The second-order valence-electron chi connectivity index (χ2n) is 6.43. The van der Waals surface area contributed by atoms with Gasteiger partial charge in [0.15, 0.2) is 0 Å². The summed E-state index contributed by atoms with van der Waals surface area (Å²) in [6, 6.07) is 9.36. The van der Waals surface area contributed by atoms with Gasteiger partial charge in [0.05, 0.1) is 31.8 Å². The number of ether oxygens (including phenoxy) is 2. The van der Waals surface area contributed by atoms with Crippen molar-refractivity contribution < 1.29 is 14.3 Å². The topological polar surface area (TPSA) is 72.5 Å². The number of anilines is 2. The highest BCUT2D eigenvalue weighted by Gasteiger charge is 2.17. The van der Waals surface area contributed by atoms with E-state index in [-0.39, 0.29) is 11.9 Å². The molecule has 1 aliphatic rings. The number of carbonyl (C=O) groups is 1. The number of benzene rings is 1. The molecule has 1 saturated carbocycles. The molecule has 1 aliphatic carbocycles. The summed E-state index contributed by atoms with van der Waals surface area (Å²) in [7, 11) is 3.23. The standard InChI is InChI=1S/C20H25N3O3/c1-25-16-9-11-19(26-2)18(12-16)22-15-8-10-17(21-13-15)20(24)23-14-6-4-3-5-7-14/h8-14,22H,3-7H2,1-2H3,(H,23,24). The zero-order valence-electron chi connectivity index (χ0n) is 15.2. The lowest BCUT2D eigenvalue weighted by molar-refractivity contribution is 0.0922. The van der Waals surface area contributed by atoms with E-state index in [4.69, 9.17) is 9.47 Å². The van der Waals surface area contributed by atoms with Crippen LogP contribution in [0.5, 0.6) is 11.5 Å². The monoisotopic (exact) mass is 355 g/mol. The average Bonchev–Trinajstić information content (AvgIpc) is 2.69. The molecule has 0 unspecified atom stereocenters. The maximum absolute atomic E-state index is 12.3. The lowest BCUT2D eigenvalue weighted by Crippen LogP contribution is -2.36. The molecule has 138 valence electrons. The number of aromatic nitrogens is 1. The van der Waals surface area contributed by atoms with E-state index in [9.17, 15) is 4.79 Å². The van der Waals surface area contributed by atoms with Gasteiger partial charge in [0.25, 0.3) is 5.91 Å². The predicted octanol–water partition coefficient (Wildman–Crippen LogP) is 3.90. The molecule has 0 radical (unpaired) electrons. The van der Waals surface area contributed by atoms with Gasteiger partial charge in [-0.05, 0) is 37.1 Å². The van der Waals surface area contributed by atoms with Crippen LogP contribution in [0.1, 0.15) is 42.6 Å². The minimum atomic E-state index is -0.109. The fourth-order valence-corrected chi connectivity index (χ4v) is 3.18. The van der Waals surface area contributed by atoms with Gasteiger partial charge in [-0.2, -0.15) is 0 Å². The van der Waals surface area contributed by atoms with Gasteiger partial charge in [-0.25, -0.2) is 4.98 Å². The number of nitrogens with one attached hydrogen (secondary N) is 2. The molecule has 3 rings (SSSR count). The predicted molar refractivity (Wildman–Crippen MR) is 101 cm³/mol. The van der Waals surface area contributed by atoms with Gasteiger partial charge in [-0.3, -0.25) is 4.79 Å². The number of amides is 1. The molecule has 0 spiro atoms. The van der Waals surface area contributed by atoms with Crippen molar-refractivity contribution in [2.75, 3.05) is 19.5 Å². The van der Waals surface area contributed by atoms with Crippen molar-refractivity contribution in [3.8, 4) is 11.5 Å². The zero-order chi connectivity index (χ0) is 18.4. The smallest absolute Gasteiger partial charge is 0.270 e. The minimum Gasteiger partial charge on any atom is -0.497 e. The summed E-state index contributed by atoms with van der Waals surface area (Å²) in [6.07, 6.45) is 7.39. The zero-order valence-corrected chi connectivity index (χ0v) is 15.2. The van der Waals surface area contributed by atoms with Gasteiger partial charge in [0.1, 0.15) is 17.2 Å². The second kappa shape index (κ2) is 8.56. The first-order valence-corrected chi connectivity index (χ1v) is 8.95. The summed E-state index contributed by atoms with van der Waals surface area (Å²) in [6.45, 7) is 0. The largest absolute Gasteiger partial charge is 0.497 e. The summed E-state index contributed by atoms with van der Waals surface area (Å²) >= 11 is 0. The number of methoxy groups -OCH3 is 2. The number of hydrogen-bond acceptors (Lipinski definition) is 5. The van der Waals surface area contributed by atoms with E-state index < -0.39 is 0 Å². The Balaban J connectivity index is 1.66. The molecule has 0 bridgehead atoms. The maximum Gasteiger partial charge on any atom is 0.270 e. The van der Waals surface area contributed by atoms with Crippen LogP contribution in [0.15, 0.2) is 36.5 Å². The molecule has 6 heteroatoms. The Morgan fingerprint density at radius 2 is 1.88 bits per heavy atom. The number of nitrogens with zero attached hydrogens (tertiary/aromatic N) is 1. The van der Waals surface area contributed by atoms with Crippen molar-refractivity contribution in [1.29, 1.82) is 0 Å². The van der Waals surface area contributed by atoms with Crippen molar-refractivity contribution in [2.24, 2.45) is 0 Å². The first kappa shape index (κ1) is 18.0. The first-order chi connectivity index (χ1) is 12.7. The molecule has 1 heterocycles. The van der Waals surface area contributed by atoms with Gasteiger partial charge in [-0.1, -0.05) is 19.3 Å². The van der Waals surface area contributed by atoms with Crippen LogP contribution >= 0.6 is 0 Å². The van der Waals surface area contributed by atoms with Crippen LogP contribution in [0.25, 0.3) is 0 Å². The Kier molecular flexibility index (Phi) is 5.94. The molecule has 1 aromatic carbocycles. The van der Waals surface area contributed by atoms with Crippen molar-refractivity contribution in [1.82, 2.24) is 10.3 Å². The molecule has 2 aromatic rings. The summed E-state index contributed by atoms with van der Waals surface area (Å²) < 4.78 is 10.6. The van der Waals surface area contributed by atoms with Gasteiger partial charge in [0, 0.05) is 12.1 Å². The highest BCUT2D eigenvalue weighted by molar-refractivity contribution is 5.92. The molecular weight excluding hydrogens is 330 g/mol. The normalized spacial score (nSPS) is 14.5. The minimum absolute atomic E-state index is 0.109. The molecule has 0 aliphatic heterocycles. The fourth-order valence-electron chi connectivity index (χ4n) is 3.18. The third-order valence-electron chi connectivity index (χ3n) is 4.62. The second-order valence-corrected chi connectivity index (χ2v) is 6.43. The summed E-state index contributed by atoms with van der Waals surface area (Å²) in [5, 5.41) is 6.33. The Bertz CT molecular complexity index is 740. The van der Waals surface area contributed by atoms with Crippen molar-refractivity contribution in [3.63, 3.8) is 0 Å². The summed E-state index contributed by atoms with van der Waals surface area (Å²) in [5.41, 5.74) is 1.97. The van der Waals surface area contributed by atoms with E-state index in [0.29, 0.717) is 11.4 Å². The Morgan fingerprint density at radius 3 is 2.54 bits per heavy atom. The molecule has 2 N–H and O–H groups in total. The Hall–Kier alpha value is -2.76. The third-order valence-corrected chi connectivity index (χ3v) is 4.62. The van der Waals surface area contributed by atoms with E-state index in [0.717, 1.165) is 30.0 Å². The number of pyridine rings is 1. The Morgan fingerprint density at radius 1 is 1.08 bits per heavy atom. The molecule has 1 fully saturated rings. The fraction of sp³-hybridized carbons (Fsp3) is 0.400.